The van der Waals surface area contributed by atoms with Crippen LogP contribution in [-0.4, -0.2) is 0 Å². The molecule has 0 saturated carbocycles. The summed E-state index contributed by atoms with van der Waals surface area (Å²) in [6, 6.07) is 3.82. The number of rotatable bonds is 1. The summed E-state index contributed by atoms with van der Waals surface area (Å²) in [6.45, 7) is 3.62. The van der Waals surface area contributed by atoms with Crippen molar-refractivity contribution in [1.29, 1.82) is 0 Å². The summed E-state index contributed by atoms with van der Waals surface area (Å²) in [5, 5.41) is 0. The van der Waals surface area contributed by atoms with Gasteiger partial charge in [-0.1, -0.05) is 6.07 Å². The van der Waals surface area contributed by atoms with Gasteiger partial charge in [-0.3, -0.25) is 0 Å². The van der Waals surface area contributed by atoms with Gasteiger partial charge in [-0.15, -0.1) is 12.6 Å². The fraction of sp³-hybridized carbons (Fsp3) is 0.200. The van der Waals surface area contributed by atoms with E-state index in [1.807, 2.05) is 6.92 Å². The molecule has 0 bridgehead atoms. The molecule has 0 amide bonds. The van der Waals surface area contributed by atoms with Gasteiger partial charge in [0.25, 0.3) is 0 Å². The van der Waals surface area contributed by atoms with E-state index in [1.165, 1.54) is 12.1 Å². The molecule has 3 heteroatoms. The molecule has 0 radical (unpaired) electrons. The summed E-state index contributed by atoms with van der Waals surface area (Å²) < 4.78 is 25.3. The first-order valence-corrected chi connectivity index (χ1v) is 4.29. The van der Waals surface area contributed by atoms with Gasteiger partial charge in [0, 0.05) is 0 Å². The molecule has 1 rings (SSSR count). The van der Waals surface area contributed by atoms with Crippen LogP contribution in [0.2, 0.25) is 0 Å². The van der Waals surface area contributed by atoms with E-state index >= 15 is 0 Å². The highest BCUT2D eigenvalue weighted by Crippen LogP contribution is 2.21. The van der Waals surface area contributed by atoms with Crippen molar-refractivity contribution in [3.05, 3.63) is 40.3 Å². The normalized spacial score (nSPS) is 12.7. The lowest BCUT2D eigenvalue weighted by molar-refractivity contribution is 0.508. The van der Waals surface area contributed by atoms with Gasteiger partial charge < -0.3 is 0 Å². The van der Waals surface area contributed by atoms with Crippen LogP contribution in [0.1, 0.15) is 19.4 Å². The Morgan fingerprint density at radius 1 is 1.15 bits per heavy atom. The summed E-state index contributed by atoms with van der Waals surface area (Å²) >= 11 is 4.13. The zero-order chi connectivity index (χ0) is 10.0. The van der Waals surface area contributed by atoms with E-state index in [-0.39, 0.29) is 0 Å². The van der Waals surface area contributed by atoms with Crippen molar-refractivity contribution in [3.8, 4) is 0 Å². The molecule has 0 nitrogen and oxygen atoms in total. The van der Waals surface area contributed by atoms with E-state index in [9.17, 15) is 8.78 Å². The fourth-order valence-electron chi connectivity index (χ4n) is 0.938. The standard InChI is InChI=1S/C10H10F2S/c1-6(7(2)13)8-3-4-9(11)10(12)5-8/h3-5,13H,1-2H3/b7-6+. The van der Waals surface area contributed by atoms with E-state index in [0.29, 0.717) is 5.56 Å². The second-order valence-corrected chi connectivity index (χ2v) is 3.51. The molecule has 70 valence electrons. The molecule has 0 saturated heterocycles. The van der Waals surface area contributed by atoms with Crippen LogP contribution in [0.4, 0.5) is 8.78 Å². The second kappa shape index (κ2) is 3.92. The van der Waals surface area contributed by atoms with Crippen LogP contribution in [0.25, 0.3) is 5.57 Å². The third-order valence-electron chi connectivity index (χ3n) is 1.90. The largest absolute Gasteiger partial charge is 0.204 e. The quantitative estimate of drug-likeness (QED) is 0.657. The monoisotopic (exact) mass is 200 g/mol. The van der Waals surface area contributed by atoms with Crippen LogP contribution in [-0.2, 0) is 0 Å². The van der Waals surface area contributed by atoms with Crippen LogP contribution >= 0.6 is 12.6 Å². The zero-order valence-electron chi connectivity index (χ0n) is 7.44. The van der Waals surface area contributed by atoms with Crippen molar-refractivity contribution in [3.63, 3.8) is 0 Å². The lowest BCUT2D eigenvalue weighted by Gasteiger charge is -2.03. The Morgan fingerprint density at radius 3 is 2.23 bits per heavy atom. The van der Waals surface area contributed by atoms with Gasteiger partial charge >= 0.3 is 0 Å². The third-order valence-corrected chi connectivity index (χ3v) is 2.23. The van der Waals surface area contributed by atoms with Crippen molar-refractivity contribution < 1.29 is 8.78 Å². The van der Waals surface area contributed by atoms with Gasteiger partial charge in [0.15, 0.2) is 11.6 Å². The lowest BCUT2D eigenvalue weighted by atomic mass is 10.1. The Labute approximate surface area is 81.7 Å². The first-order valence-electron chi connectivity index (χ1n) is 3.84. The highest BCUT2D eigenvalue weighted by molar-refractivity contribution is 7.84. The van der Waals surface area contributed by atoms with Crippen molar-refractivity contribution in [2.45, 2.75) is 13.8 Å². The van der Waals surface area contributed by atoms with Crippen LogP contribution in [0.3, 0.4) is 0 Å². The Hall–Kier alpha value is -0.830. The van der Waals surface area contributed by atoms with Crippen LogP contribution in [0.15, 0.2) is 23.1 Å². The molecule has 0 aliphatic carbocycles. The summed E-state index contributed by atoms with van der Waals surface area (Å²) in [7, 11) is 0. The van der Waals surface area contributed by atoms with E-state index < -0.39 is 11.6 Å². The number of hydrogen-bond donors (Lipinski definition) is 1. The molecular formula is C10H10F2S. The van der Waals surface area contributed by atoms with Crippen LogP contribution < -0.4 is 0 Å². The average Bonchev–Trinajstić information content (AvgIpc) is 2.08. The smallest absolute Gasteiger partial charge is 0.159 e. The fourth-order valence-corrected chi connectivity index (χ4v) is 1.07. The molecule has 0 spiro atoms. The molecule has 0 heterocycles. The van der Waals surface area contributed by atoms with Gasteiger partial charge in [-0.25, -0.2) is 8.78 Å². The third kappa shape index (κ3) is 2.31. The maximum atomic E-state index is 12.8. The highest BCUT2D eigenvalue weighted by Gasteiger charge is 2.04. The van der Waals surface area contributed by atoms with Crippen molar-refractivity contribution in [2.24, 2.45) is 0 Å². The number of allylic oxidation sites excluding steroid dienone is 2. The van der Waals surface area contributed by atoms with Crippen molar-refractivity contribution in [2.75, 3.05) is 0 Å². The predicted molar refractivity (Wildman–Crippen MR) is 53.6 cm³/mol. The van der Waals surface area contributed by atoms with Gasteiger partial charge in [-0.05, 0) is 42.0 Å². The number of benzene rings is 1. The molecular weight excluding hydrogens is 190 g/mol. The molecule has 13 heavy (non-hydrogen) atoms. The maximum absolute atomic E-state index is 12.8. The highest BCUT2D eigenvalue weighted by atomic mass is 32.1. The molecule has 0 atom stereocenters. The topological polar surface area (TPSA) is 0 Å². The number of hydrogen-bond acceptors (Lipinski definition) is 1. The van der Waals surface area contributed by atoms with E-state index in [0.717, 1.165) is 16.5 Å². The molecule has 1 aromatic carbocycles. The van der Waals surface area contributed by atoms with Crippen LogP contribution in [0.5, 0.6) is 0 Å². The molecule has 0 N–H and O–H groups in total. The minimum Gasteiger partial charge on any atom is -0.204 e. The van der Waals surface area contributed by atoms with E-state index in [4.69, 9.17) is 0 Å². The average molecular weight is 200 g/mol. The Kier molecular flexibility index (Phi) is 3.09. The van der Waals surface area contributed by atoms with Crippen molar-refractivity contribution >= 4 is 18.2 Å². The van der Waals surface area contributed by atoms with E-state index in [1.54, 1.807) is 6.92 Å². The summed E-state index contributed by atoms with van der Waals surface area (Å²) in [5.41, 5.74) is 1.51. The van der Waals surface area contributed by atoms with Gasteiger partial charge in [0.2, 0.25) is 0 Å². The predicted octanol–water partition coefficient (Wildman–Crippen LogP) is 3.65. The molecule has 1 aromatic rings. The van der Waals surface area contributed by atoms with Gasteiger partial charge in [0.1, 0.15) is 0 Å². The zero-order valence-corrected chi connectivity index (χ0v) is 8.33. The minimum absolute atomic E-state index is 0.659. The molecule has 0 aliphatic rings. The summed E-state index contributed by atoms with van der Waals surface area (Å²) in [6.07, 6.45) is 0. The molecule has 0 aromatic heterocycles. The number of thiol groups is 1. The molecule has 0 fully saturated rings. The second-order valence-electron chi connectivity index (χ2n) is 2.84. The molecule has 0 unspecified atom stereocenters. The SMILES string of the molecule is C/C(S)=C(/C)c1ccc(F)c(F)c1. The van der Waals surface area contributed by atoms with Gasteiger partial charge in [-0.2, -0.15) is 0 Å². The summed E-state index contributed by atoms with van der Waals surface area (Å²) in [5.74, 6) is -1.65. The Morgan fingerprint density at radius 2 is 1.77 bits per heavy atom. The van der Waals surface area contributed by atoms with Gasteiger partial charge in [0.05, 0.1) is 0 Å². The number of halogens is 2. The lowest BCUT2D eigenvalue weighted by Crippen LogP contribution is -1.87. The Bertz CT molecular complexity index is 352. The summed E-state index contributed by atoms with van der Waals surface area (Å²) in [4.78, 5) is 0.797. The first kappa shape index (κ1) is 10.3. The van der Waals surface area contributed by atoms with Crippen molar-refractivity contribution in [1.82, 2.24) is 0 Å². The van der Waals surface area contributed by atoms with Crippen LogP contribution in [0, 0.1) is 11.6 Å². The Balaban J connectivity index is 3.19. The minimum atomic E-state index is -0.827. The first-order chi connectivity index (χ1) is 6.02. The van der Waals surface area contributed by atoms with E-state index in [2.05, 4.69) is 12.6 Å². The maximum Gasteiger partial charge on any atom is 0.159 e. The molecule has 0 aliphatic heterocycles.